The largest absolute Gasteiger partial charge is 0.494 e. The number of carbonyl (C=O) groups is 1. The molecule has 0 fully saturated rings. The van der Waals surface area contributed by atoms with Gasteiger partial charge in [-0.2, -0.15) is 0 Å². The average Bonchev–Trinajstić information content (AvgIpc) is 3.13. The van der Waals surface area contributed by atoms with Crippen LogP contribution in [0, 0.1) is 6.92 Å². The lowest BCUT2D eigenvalue weighted by atomic mass is 10.0. The Balaban J connectivity index is 1.90. The fourth-order valence-corrected chi connectivity index (χ4v) is 3.13. The highest BCUT2D eigenvalue weighted by Crippen LogP contribution is 2.34. The zero-order valence-electron chi connectivity index (χ0n) is 15.1. The summed E-state index contributed by atoms with van der Waals surface area (Å²) in [5, 5.41) is 10.1. The standard InChI is InChI=1S/C17H14ClF2N5O3S/c1-8-3-9(10-4-13(18)22-6-12(10)27-2)11(5-21-8)15(26)23-16-24-25-17(29-16)28-7-14(19)20/h3-6,14H,7H2,1-2H3,(H,23,24,26). The maximum Gasteiger partial charge on any atom is 0.295 e. The van der Waals surface area contributed by atoms with Crippen LogP contribution in [0.25, 0.3) is 11.1 Å². The van der Waals surface area contributed by atoms with E-state index in [1.807, 2.05) is 0 Å². The van der Waals surface area contributed by atoms with Gasteiger partial charge in [0.2, 0.25) is 5.13 Å². The van der Waals surface area contributed by atoms with Gasteiger partial charge in [-0.25, -0.2) is 13.8 Å². The summed E-state index contributed by atoms with van der Waals surface area (Å²) in [6.45, 7) is 0.967. The van der Waals surface area contributed by atoms with Gasteiger partial charge in [0.05, 0.1) is 18.9 Å². The number of hydrogen-bond acceptors (Lipinski definition) is 8. The number of aromatic nitrogens is 4. The van der Waals surface area contributed by atoms with Crippen molar-refractivity contribution in [3.8, 4) is 22.1 Å². The molecule has 29 heavy (non-hydrogen) atoms. The number of aryl methyl sites for hydroxylation is 1. The van der Waals surface area contributed by atoms with E-state index in [1.54, 1.807) is 19.1 Å². The van der Waals surface area contributed by atoms with Crippen LogP contribution in [0.1, 0.15) is 16.1 Å². The fraction of sp³-hybridized carbons (Fsp3) is 0.235. The Morgan fingerprint density at radius 3 is 2.76 bits per heavy atom. The van der Waals surface area contributed by atoms with Crippen molar-refractivity contribution in [2.24, 2.45) is 0 Å². The van der Waals surface area contributed by atoms with Gasteiger partial charge < -0.3 is 9.47 Å². The van der Waals surface area contributed by atoms with Gasteiger partial charge in [0.25, 0.3) is 17.5 Å². The summed E-state index contributed by atoms with van der Waals surface area (Å²) in [4.78, 5) is 21.0. The molecule has 3 heterocycles. The van der Waals surface area contributed by atoms with Gasteiger partial charge in [-0.1, -0.05) is 16.7 Å². The molecule has 0 aliphatic carbocycles. The zero-order valence-corrected chi connectivity index (χ0v) is 16.7. The number of hydrogen-bond donors (Lipinski definition) is 1. The van der Waals surface area contributed by atoms with E-state index in [0.29, 0.717) is 22.6 Å². The van der Waals surface area contributed by atoms with Crippen LogP contribution >= 0.6 is 22.9 Å². The molecule has 0 aliphatic heterocycles. The highest BCUT2D eigenvalue weighted by Gasteiger charge is 2.19. The Hall–Kier alpha value is -2.92. The number of nitrogens with zero attached hydrogens (tertiary/aromatic N) is 4. The molecule has 0 saturated carbocycles. The van der Waals surface area contributed by atoms with Crippen LogP contribution in [0.15, 0.2) is 24.5 Å². The van der Waals surface area contributed by atoms with Gasteiger partial charge in [0.1, 0.15) is 10.9 Å². The molecule has 3 rings (SSSR count). The SMILES string of the molecule is COc1cnc(Cl)cc1-c1cc(C)ncc1C(=O)Nc1nnc(OCC(F)F)s1. The van der Waals surface area contributed by atoms with Gasteiger partial charge in [-0.05, 0) is 30.4 Å². The summed E-state index contributed by atoms with van der Waals surface area (Å²) in [6.07, 6.45) is 0.218. The molecule has 0 saturated heterocycles. The Bertz CT molecular complexity index is 1030. The Labute approximate surface area is 172 Å². The minimum atomic E-state index is -2.64. The van der Waals surface area contributed by atoms with Crippen molar-refractivity contribution >= 4 is 34.0 Å². The number of rotatable bonds is 7. The first kappa shape index (κ1) is 20.8. The second kappa shape index (κ2) is 9.05. The van der Waals surface area contributed by atoms with Crippen LogP contribution in [0.4, 0.5) is 13.9 Å². The summed E-state index contributed by atoms with van der Waals surface area (Å²) in [6, 6.07) is 3.29. The Morgan fingerprint density at radius 2 is 2.03 bits per heavy atom. The predicted molar refractivity (Wildman–Crippen MR) is 103 cm³/mol. The summed E-state index contributed by atoms with van der Waals surface area (Å²) in [7, 11) is 1.48. The Morgan fingerprint density at radius 1 is 1.24 bits per heavy atom. The van der Waals surface area contributed by atoms with Crippen molar-refractivity contribution in [2.75, 3.05) is 19.0 Å². The van der Waals surface area contributed by atoms with E-state index in [1.165, 1.54) is 19.5 Å². The van der Waals surface area contributed by atoms with E-state index in [9.17, 15) is 13.6 Å². The quantitative estimate of drug-likeness (QED) is 0.556. The second-order valence-electron chi connectivity index (χ2n) is 5.61. The van der Waals surface area contributed by atoms with Crippen LogP contribution in [-0.2, 0) is 0 Å². The summed E-state index contributed by atoms with van der Waals surface area (Å²) in [5.74, 6) is -0.105. The van der Waals surface area contributed by atoms with E-state index in [4.69, 9.17) is 21.1 Å². The van der Waals surface area contributed by atoms with Crippen LogP contribution in [0.3, 0.4) is 0 Å². The van der Waals surface area contributed by atoms with Crippen molar-refractivity contribution in [1.82, 2.24) is 20.2 Å². The molecule has 0 radical (unpaired) electrons. The van der Waals surface area contributed by atoms with Gasteiger partial charge in [-0.3, -0.25) is 15.1 Å². The van der Waals surface area contributed by atoms with E-state index in [2.05, 4.69) is 25.5 Å². The molecule has 8 nitrogen and oxygen atoms in total. The van der Waals surface area contributed by atoms with Crippen LogP contribution in [-0.4, -0.2) is 46.2 Å². The number of pyridine rings is 2. The third-order valence-electron chi connectivity index (χ3n) is 3.59. The molecular weight excluding hydrogens is 428 g/mol. The molecule has 12 heteroatoms. The van der Waals surface area contributed by atoms with Gasteiger partial charge >= 0.3 is 0 Å². The predicted octanol–water partition coefficient (Wildman–Crippen LogP) is 3.86. The number of carbonyl (C=O) groups excluding carboxylic acids is 1. The van der Waals surface area contributed by atoms with Crippen molar-refractivity contribution in [2.45, 2.75) is 13.3 Å². The van der Waals surface area contributed by atoms with Crippen molar-refractivity contribution in [1.29, 1.82) is 0 Å². The molecule has 0 aliphatic rings. The third-order valence-corrected chi connectivity index (χ3v) is 4.55. The highest BCUT2D eigenvalue weighted by atomic mass is 35.5. The molecule has 3 aromatic rings. The zero-order chi connectivity index (χ0) is 21.0. The topological polar surface area (TPSA) is 99.1 Å². The monoisotopic (exact) mass is 441 g/mol. The second-order valence-corrected chi connectivity index (χ2v) is 6.94. The number of amides is 1. The number of methoxy groups -OCH3 is 1. The molecule has 1 amide bonds. The number of alkyl halides is 2. The summed E-state index contributed by atoms with van der Waals surface area (Å²) >= 11 is 6.84. The van der Waals surface area contributed by atoms with Crippen LogP contribution in [0.2, 0.25) is 5.15 Å². The van der Waals surface area contributed by atoms with Crippen molar-refractivity contribution in [3.05, 3.63) is 40.9 Å². The van der Waals surface area contributed by atoms with E-state index in [0.717, 1.165) is 11.3 Å². The molecule has 0 atom stereocenters. The van der Waals surface area contributed by atoms with Crippen LogP contribution in [0.5, 0.6) is 10.9 Å². The molecule has 152 valence electrons. The van der Waals surface area contributed by atoms with E-state index >= 15 is 0 Å². The van der Waals surface area contributed by atoms with Crippen molar-refractivity contribution in [3.63, 3.8) is 0 Å². The lowest BCUT2D eigenvalue weighted by Gasteiger charge is -2.13. The van der Waals surface area contributed by atoms with Crippen molar-refractivity contribution < 1.29 is 23.0 Å². The summed E-state index contributed by atoms with van der Waals surface area (Å²) in [5.41, 5.74) is 1.97. The molecular formula is C17H14ClF2N5O3S. The minimum absolute atomic E-state index is 0.0783. The van der Waals surface area contributed by atoms with Gasteiger partial charge in [0, 0.05) is 23.0 Å². The number of ether oxygens (including phenoxy) is 2. The molecule has 1 N–H and O–H groups in total. The van der Waals surface area contributed by atoms with E-state index < -0.39 is 18.9 Å². The summed E-state index contributed by atoms with van der Waals surface area (Å²) < 4.78 is 34.5. The molecule has 0 bridgehead atoms. The first-order valence-electron chi connectivity index (χ1n) is 8.09. The van der Waals surface area contributed by atoms with E-state index in [-0.39, 0.29) is 21.0 Å². The lowest BCUT2D eigenvalue weighted by molar-refractivity contribution is 0.0814. The molecule has 0 unspecified atom stereocenters. The maximum absolute atomic E-state index is 12.8. The van der Waals surface area contributed by atoms with Gasteiger partial charge in [-0.15, -0.1) is 5.10 Å². The number of anilines is 1. The molecule has 3 aromatic heterocycles. The first-order valence-corrected chi connectivity index (χ1v) is 9.29. The molecule has 0 aromatic carbocycles. The first-order chi connectivity index (χ1) is 13.9. The Kier molecular flexibility index (Phi) is 6.49. The third kappa shape index (κ3) is 5.12. The van der Waals surface area contributed by atoms with Gasteiger partial charge in [0.15, 0.2) is 6.61 Å². The lowest BCUT2D eigenvalue weighted by Crippen LogP contribution is -2.14. The smallest absolute Gasteiger partial charge is 0.295 e. The average molecular weight is 442 g/mol. The number of nitrogens with one attached hydrogen (secondary N) is 1. The van der Waals surface area contributed by atoms with Crippen LogP contribution < -0.4 is 14.8 Å². The normalized spacial score (nSPS) is 10.8. The maximum atomic E-state index is 12.8. The fourth-order valence-electron chi connectivity index (χ4n) is 2.37. The molecule has 0 spiro atoms. The number of halogens is 3. The highest BCUT2D eigenvalue weighted by molar-refractivity contribution is 7.17. The minimum Gasteiger partial charge on any atom is -0.494 e.